The third-order valence-electron chi connectivity index (χ3n) is 2.34. The summed E-state index contributed by atoms with van der Waals surface area (Å²) in [6.45, 7) is 0. The predicted octanol–water partition coefficient (Wildman–Crippen LogP) is 0.815. The first-order valence-corrected chi connectivity index (χ1v) is 4.35. The molecular formula is C10H9NO4. The van der Waals surface area contributed by atoms with E-state index in [2.05, 4.69) is 5.32 Å². The van der Waals surface area contributed by atoms with Crippen LogP contribution in [0.3, 0.4) is 0 Å². The molecule has 0 fully saturated rings. The zero-order valence-electron chi connectivity index (χ0n) is 7.98. The number of benzene rings is 1. The van der Waals surface area contributed by atoms with Crippen LogP contribution in [0.25, 0.3) is 0 Å². The molecule has 0 aliphatic carbocycles. The Morgan fingerprint density at radius 1 is 1.53 bits per heavy atom. The average molecular weight is 207 g/mol. The van der Waals surface area contributed by atoms with Crippen molar-refractivity contribution >= 4 is 17.6 Å². The van der Waals surface area contributed by atoms with Gasteiger partial charge in [-0.15, -0.1) is 0 Å². The van der Waals surface area contributed by atoms with E-state index in [-0.39, 0.29) is 0 Å². The van der Waals surface area contributed by atoms with Gasteiger partial charge >= 0.3 is 5.97 Å². The van der Waals surface area contributed by atoms with Crippen molar-refractivity contribution in [1.82, 2.24) is 0 Å². The highest BCUT2D eigenvalue weighted by atomic mass is 16.5. The first kappa shape index (κ1) is 9.51. The summed E-state index contributed by atoms with van der Waals surface area (Å²) in [6, 6.07) is 4.87. The number of nitrogens with one attached hydrogen (secondary N) is 1. The SMILES string of the molecule is COc1ccc2c(c1)C(C(=O)O)C(=O)N2. The highest BCUT2D eigenvalue weighted by Gasteiger charge is 2.36. The first-order chi connectivity index (χ1) is 7.13. The Bertz CT molecular complexity index is 441. The van der Waals surface area contributed by atoms with Crippen molar-refractivity contribution in [3.8, 4) is 5.75 Å². The largest absolute Gasteiger partial charge is 0.497 e. The average Bonchev–Trinajstić information content (AvgIpc) is 2.52. The van der Waals surface area contributed by atoms with Crippen LogP contribution in [0.15, 0.2) is 18.2 Å². The van der Waals surface area contributed by atoms with Crippen LogP contribution in [-0.2, 0) is 9.59 Å². The van der Waals surface area contributed by atoms with E-state index in [4.69, 9.17) is 9.84 Å². The van der Waals surface area contributed by atoms with E-state index >= 15 is 0 Å². The number of amides is 1. The number of carbonyl (C=O) groups is 2. The van der Waals surface area contributed by atoms with Gasteiger partial charge in [0.1, 0.15) is 5.75 Å². The Kier molecular flexibility index (Phi) is 2.07. The van der Waals surface area contributed by atoms with Crippen molar-refractivity contribution in [2.24, 2.45) is 0 Å². The number of methoxy groups -OCH3 is 1. The molecular weight excluding hydrogens is 198 g/mol. The molecule has 0 saturated carbocycles. The van der Waals surface area contributed by atoms with Crippen LogP contribution in [0.1, 0.15) is 11.5 Å². The molecule has 0 saturated heterocycles. The quantitative estimate of drug-likeness (QED) is 0.704. The lowest BCUT2D eigenvalue weighted by Crippen LogP contribution is -2.20. The summed E-state index contributed by atoms with van der Waals surface area (Å²) < 4.78 is 4.97. The van der Waals surface area contributed by atoms with E-state index < -0.39 is 17.8 Å². The number of carboxylic acid groups (broad SMARTS) is 1. The van der Waals surface area contributed by atoms with Crippen LogP contribution in [-0.4, -0.2) is 24.1 Å². The maximum atomic E-state index is 11.3. The van der Waals surface area contributed by atoms with Gasteiger partial charge in [-0.2, -0.15) is 0 Å². The van der Waals surface area contributed by atoms with E-state index in [1.54, 1.807) is 18.2 Å². The highest BCUT2D eigenvalue weighted by Crippen LogP contribution is 2.35. The number of aliphatic carboxylic acids is 1. The van der Waals surface area contributed by atoms with Gasteiger partial charge < -0.3 is 15.2 Å². The topological polar surface area (TPSA) is 75.6 Å². The van der Waals surface area contributed by atoms with Crippen LogP contribution < -0.4 is 10.1 Å². The maximum Gasteiger partial charge on any atom is 0.320 e. The second kappa shape index (κ2) is 3.27. The Morgan fingerprint density at radius 3 is 2.87 bits per heavy atom. The minimum Gasteiger partial charge on any atom is -0.497 e. The van der Waals surface area contributed by atoms with Crippen molar-refractivity contribution in [3.63, 3.8) is 0 Å². The number of rotatable bonds is 2. The van der Waals surface area contributed by atoms with Crippen LogP contribution >= 0.6 is 0 Å². The number of anilines is 1. The van der Waals surface area contributed by atoms with Crippen molar-refractivity contribution in [2.75, 3.05) is 12.4 Å². The first-order valence-electron chi connectivity index (χ1n) is 4.35. The minimum atomic E-state index is -1.15. The summed E-state index contributed by atoms with van der Waals surface area (Å²) in [5.74, 6) is -2.25. The van der Waals surface area contributed by atoms with Gasteiger partial charge in [-0.1, -0.05) is 0 Å². The fraction of sp³-hybridized carbons (Fsp3) is 0.200. The van der Waals surface area contributed by atoms with Crippen LogP contribution in [0.2, 0.25) is 0 Å². The number of hydrogen-bond donors (Lipinski definition) is 2. The molecule has 1 atom stereocenters. The molecule has 1 aromatic rings. The minimum absolute atomic E-state index is 0.451. The van der Waals surface area contributed by atoms with Gasteiger partial charge in [-0.3, -0.25) is 9.59 Å². The number of fused-ring (bicyclic) bond motifs is 1. The van der Waals surface area contributed by atoms with Gasteiger partial charge in [-0.05, 0) is 18.2 Å². The van der Waals surface area contributed by atoms with Gasteiger partial charge in [0, 0.05) is 11.3 Å². The standard InChI is InChI=1S/C10H9NO4/c1-15-5-2-3-7-6(4-5)8(10(13)14)9(12)11-7/h2-4,8H,1H3,(H,11,12)(H,13,14). The zero-order valence-corrected chi connectivity index (χ0v) is 7.98. The monoisotopic (exact) mass is 207 g/mol. The Balaban J connectivity index is 2.50. The number of ether oxygens (including phenoxy) is 1. The maximum absolute atomic E-state index is 11.3. The molecule has 1 aliphatic heterocycles. The van der Waals surface area contributed by atoms with Gasteiger partial charge in [0.05, 0.1) is 7.11 Å². The van der Waals surface area contributed by atoms with Gasteiger partial charge in [0.15, 0.2) is 5.92 Å². The molecule has 1 amide bonds. The Hall–Kier alpha value is -2.04. The highest BCUT2D eigenvalue weighted by molar-refractivity contribution is 6.14. The summed E-state index contributed by atoms with van der Waals surface area (Å²) >= 11 is 0. The lowest BCUT2D eigenvalue weighted by atomic mass is 10.0. The molecule has 2 N–H and O–H groups in total. The number of hydrogen-bond acceptors (Lipinski definition) is 3. The summed E-state index contributed by atoms with van der Waals surface area (Å²) in [5, 5.41) is 11.4. The third-order valence-corrected chi connectivity index (χ3v) is 2.34. The molecule has 1 aliphatic rings. The van der Waals surface area contributed by atoms with E-state index in [9.17, 15) is 9.59 Å². The van der Waals surface area contributed by atoms with E-state index in [0.717, 1.165) is 0 Å². The number of carboxylic acids is 1. The normalized spacial score (nSPS) is 18.2. The molecule has 1 unspecified atom stereocenters. The van der Waals surface area contributed by atoms with Crippen molar-refractivity contribution in [3.05, 3.63) is 23.8 Å². The molecule has 1 heterocycles. The fourth-order valence-corrected chi connectivity index (χ4v) is 1.61. The van der Waals surface area contributed by atoms with Crippen molar-refractivity contribution < 1.29 is 19.4 Å². The van der Waals surface area contributed by atoms with Crippen molar-refractivity contribution in [1.29, 1.82) is 0 Å². The lowest BCUT2D eigenvalue weighted by molar-refractivity contribution is -0.141. The molecule has 5 nitrogen and oxygen atoms in total. The lowest BCUT2D eigenvalue weighted by Gasteiger charge is -2.04. The van der Waals surface area contributed by atoms with Crippen LogP contribution in [0, 0.1) is 0 Å². The van der Waals surface area contributed by atoms with Crippen LogP contribution in [0.4, 0.5) is 5.69 Å². The molecule has 78 valence electrons. The number of carbonyl (C=O) groups excluding carboxylic acids is 1. The fourth-order valence-electron chi connectivity index (χ4n) is 1.61. The van der Waals surface area contributed by atoms with E-state index in [0.29, 0.717) is 17.0 Å². The van der Waals surface area contributed by atoms with E-state index in [1.165, 1.54) is 7.11 Å². The zero-order chi connectivity index (χ0) is 11.0. The molecule has 0 radical (unpaired) electrons. The molecule has 1 aromatic carbocycles. The molecule has 0 bridgehead atoms. The molecule has 15 heavy (non-hydrogen) atoms. The third kappa shape index (κ3) is 1.41. The summed E-state index contributed by atoms with van der Waals surface area (Å²) in [7, 11) is 1.49. The van der Waals surface area contributed by atoms with Crippen LogP contribution in [0.5, 0.6) is 5.75 Å². The molecule has 2 rings (SSSR count). The summed E-state index contributed by atoms with van der Waals surface area (Å²) in [5.41, 5.74) is 0.986. The van der Waals surface area contributed by atoms with E-state index in [1.807, 2.05) is 0 Å². The second-order valence-electron chi connectivity index (χ2n) is 3.21. The van der Waals surface area contributed by atoms with Gasteiger partial charge in [0.2, 0.25) is 5.91 Å². The Morgan fingerprint density at radius 2 is 2.27 bits per heavy atom. The summed E-state index contributed by atoms with van der Waals surface area (Å²) in [6.07, 6.45) is 0. The molecule has 0 aromatic heterocycles. The van der Waals surface area contributed by atoms with Gasteiger partial charge in [-0.25, -0.2) is 0 Å². The summed E-state index contributed by atoms with van der Waals surface area (Å²) in [4.78, 5) is 22.2. The Labute approximate surface area is 85.7 Å². The van der Waals surface area contributed by atoms with Crippen molar-refractivity contribution in [2.45, 2.75) is 5.92 Å². The second-order valence-corrected chi connectivity index (χ2v) is 3.21. The molecule has 0 spiro atoms. The molecule has 5 heteroatoms. The van der Waals surface area contributed by atoms with Gasteiger partial charge in [0.25, 0.3) is 0 Å². The smallest absolute Gasteiger partial charge is 0.320 e. The predicted molar refractivity (Wildman–Crippen MR) is 52.0 cm³/mol.